The van der Waals surface area contributed by atoms with Crippen LogP contribution in [0.4, 0.5) is 24.5 Å². The zero-order valence-corrected chi connectivity index (χ0v) is 16.3. The van der Waals surface area contributed by atoms with Crippen LogP contribution in [0.5, 0.6) is 0 Å². The lowest BCUT2D eigenvalue weighted by Crippen LogP contribution is -2.52. The van der Waals surface area contributed by atoms with E-state index >= 15 is 0 Å². The van der Waals surface area contributed by atoms with Gasteiger partial charge in [-0.2, -0.15) is 13.2 Å². The van der Waals surface area contributed by atoms with Crippen LogP contribution in [0.25, 0.3) is 0 Å². The van der Waals surface area contributed by atoms with Crippen molar-refractivity contribution in [3.8, 4) is 0 Å². The third-order valence-electron chi connectivity index (χ3n) is 4.58. The van der Waals surface area contributed by atoms with Crippen molar-refractivity contribution in [3.05, 3.63) is 59.1 Å². The van der Waals surface area contributed by atoms with Gasteiger partial charge in [0, 0.05) is 11.6 Å². The van der Waals surface area contributed by atoms with E-state index in [2.05, 4.69) is 5.32 Å². The number of amides is 2. The maximum Gasteiger partial charge on any atom is 0.409 e. The number of benzene rings is 2. The maximum atomic E-state index is 13.7. The van der Waals surface area contributed by atoms with Gasteiger partial charge >= 0.3 is 6.18 Å². The summed E-state index contributed by atoms with van der Waals surface area (Å²) in [5, 5.41) is 2.96. The van der Waals surface area contributed by atoms with Gasteiger partial charge in [0.15, 0.2) is 0 Å². The molecule has 1 N–H and O–H groups in total. The minimum Gasteiger partial charge on any atom is -0.324 e. The Morgan fingerprint density at radius 1 is 1.21 bits per heavy atom. The van der Waals surface area contributed by atoms with Gasteiger partial charge in [0.25, 0.3) is 0 Å². The van der Waals surface area contributed by atoms with Crippen molar-refractivity contribution in [3.63, 3.8) is 0 Å². The number of carbonyl (C=O) groups is 2. The average molecular weight is 426 g/mol. The Hall–Kier alpha value is -2.58. The summed E-state index contributed by atoms with van der Waals surface area (Å²) in [4.78, 5) is 27.2. The van der Waals surface area contributed by atoms with Gasteiger partial charge < -0.3 is 5.32 Å². The monoisotopic (exact) mass is 425 g/mol. The second-order valence-electron chi connectivity index (χ2n) is 6.85. The number of halogens is 4. The Morgan fingerprint density at radius 3 is 2.55 bits per heavy atom. The van der Waals surface area contributed by atoms with E-state index in [9.17, 15) is 22.8 Å². The molecular formula is C20H19ClF3N3O2. The number of fused-ring (bicyclic) bond motifs is 1. The fraction of sp³-hybridized carbons (Fsp3) is 0.300. The lowest BCUT2D eigenvalue weighted by molar-refractivity contribution is -0.158. The van der Waals surface area contributed by atoms with Gasteiger partial charge in [0.1, 0.15) is 6.04 Å². The lowest BCUT2D eigenvalue weighted by Gasteiger charge is -2.33. The van der Waals surface area contributed by atoms with Crippen LogP contribution in [-0.2, 0) is 16.1 Å². The molecule has 0 bridgehead atoms. The summed E-state index contributed by atoms with van der Waals surface area (Å²) >= 11 is 6.12. The fourth-order valence-corrected chi connectivity index (χ4v) is 3.47. The van der Waals surface area contributed by atoms with Gasteiger partial charge in [-0.15, -0.1) is 0 Å². The van der Waals surface area contributed by atoms with E-state index in [-0.39, 0.29) is 24.5 Å². The summed E-state index contributed by atoms with van der Waals surface area (Å²) in [7, 11) is 1.62. The molecule has 0 spiro atoms. The molecule has 29 heavy (non-hydrogen) atoms. The molecule has 9 heteroatoms. The number of anilines is 2. The number of para-hydroxylation sites is 2. The van der Waals surface area contributed by atoms with Crippen LogP contribution in [0.3, 0.4) is 0 Å². The maximum absolute atomic E-state index is 13.7. The molecule has 0 saturated heterocycles. The third kappa shape index (κ3) is 4.89. The molecule has 1 atom stereocenters. The number of hydrogen-bond acceptors (Lipinski definition) is 3. The first kappa shape index (κ1) is 21.1. The lowest BCUT2D eigenvalue weighted by atomic mass is 10.1. The average Bonchev–Trinajstić information content (AvgIpc) is 2.79. The molecule has 2 aromatic carbocycles. The Kier molecular flexibility index (Phi) is 6.14. The van der Waals surface area contributed by atoms with Gasteiger partial charge in [-0.3, -0.25) is 19.4 Å². The highest BCUT2D eigenvalue weighted by atomic mass is 35.5. The van der Waals surface area contributed by atoms with E-state index in [1.807, 2.05) is 0 Å². The number of alkyl halides is 3. The minimum absolute atomic E-state index is 0.0248. The normalized spacial score (nSPS) is 17.0. The minimum atomic E-state index is -4.76. The summed E-state index contributed by atoms with van der Waals surface area (Å²) in [5.41, 5.74) is 0.952. The number of rotatable bonds is 4. The van der Waals surface area contributed by atoms with E-state index < -0.39 is 30.5 Å². The Bertz CT molecular complexity index is 920. The van der Waals surface area contributed by atoms with Gasteiger partial charge in [0.2, 0.25) is 11.8 Å². The predicted molar refractivity (Wildman–Crippen MR) is 105 cm³/mol. The molecule has 0 aliphatic carbocycles. The molecule has 2 amide bonds. The second-order valence-corrected chi connectivity index (χ2v) is 7.26. The highest BCUT2D eigenvalue weighted by molar-refractivity contribution is 6.31. The van der Waals surface area contributed by atoms with Crippen LogP contribution in [0.15, 0.2) is 48.5 Å². The largest absolute Gasteiger partial charge is 0.409 e. The molecule has 0 aromatic heterocycles. The van der Waals surface area contributed by atoms with Gasteiger partial charge in [-0.1, -0.05) is 41.9 Å². The van der Waals surface area contributed by atoms with E-state index in [0.29, 0.717) is 9.92 Å². The fourth-order valence-electron chi connectivity index (χ4n) is 3.28. The third-order valence-corrected chi connectivity index (χ3v) is 4.95. The number of hydrogen-bond donors (Lipinski definition) is 1. The molecule has 0 unspecified atom stereocenters. The van der Waals surface area contributed by atoms with Crippen molar-refractivity contribution in [2.24, 2.45) is 0 Å². The van der Waals surface area contributed by atoms with E-state index in [1.54, 1.807) is 42.3 Å². The van der Waals surface area contributed by atoms with Crippen molar-refractivity contribution in [1.29, 1.82) is 0 Å². The zero-order chi connectivity index (χ0) is 21.2. The van der Waals surface area contributed by atoms with Crippen LogP contribution in [0.2, 0.25) is 5.02 Å². The molecule has 0 fully saturated rings. The number of nitrogens with zero attached hydrogens (tertiary/aromatic N) is 2. The Labute approximate surface area is 171 Å². The summed E-state index contributed by atoms with van der Waals surface area (Å²) in [6.45, 7) is 0.00902. The van der Waals surface area contributed by atoms with E-state index in [0.717, 1.165) is 5.56 Å². The number of carbonyl (C=O) groups excluding carboxylic acids is 2. The summed E-state index contributed by atoms with van der Waals surface area (Å²) in [5.74, 6) is -1.55. The predicted octanol–water partition coefficient (Wildman–Crippen LogP) is 4.08. The van der Waals surface area contributed by atoms with Crippen LogP contribution in [-0.4, -0.2) is 42.5 Å². The standard InChI is InChI=1S/C20H19ClF3N3O2/c1-26(11-13-6-2-3-7-14(13)21)12-19(29)27-16-9-5-4-8-15(16)25-18(28)10-17(27)20(22,23)24/h2-9,17H,10-12H2,1H3,(H,25,28)/t17-/m0/s1. The zero-order valence-electron chi connectivity index (χ0n) is 15.5. The molecule has 1 aliphatic heterocycles. The molecule has 0 radical (unpaired) electrons. The second kappa shape index (κ2) is 8.42. The Balaban J connectivity index is 1.89. The van der Waals surface area contributed by atoms with Crippen LogP contribution in [0.1, 0.15) is 12.0 Å². The molecule has 0 saturated carbocycles. The van der Waals surface area contributed by atoms with Crippen LogP contribution in [0, 0.1) is 0 Å². The topological polar surface area (TPSA) is 52.7 Å². The van der Waals surface area contributed by atoms with Crippen molar-refractivity contribution >= 4 is 34.8 Å². The van der Waals surface area contributed by atoms with Crippen LogP contribution >= 0.6 is 11.6 Å². The summed E-state index contributed by atoms with van der Waals surface area (Å²) in [6.07, 6.45) is -5.62. The van der Waals surface area contributed by atoms with Gasteiger partial charge in [-0.05, 0) is 30.8 Å². The highest BCUT2D eigenvalue weighted by Crippen LogP contribution is 2.37. The summed E-state index contributed by atoms with van der Waals surface area (Å²) < 4.78 is 41.2. The van der Waals surface area contributed by atoms with E-state index in [1.165, 1.54) is 18.2 Å². The molecule has 2 aromatic rings. The highest BCUT2D eigenvalue weighted by Gasteiger charge is 2.49. The van der Waals surface area contributed by atoms with E-state index in [4.69, 9.17) is 11.6 Å². The smallest absolute Gasteiger partial charge is 0.324 e. The molecule has 154 valence electrons. The first-order valence-electron chi connectivity index (χ1n) is 8.86. The molecule has 3 rings (SSSR count). The molecule has 5 nitrogen and oxygen atoms in total. The van der Waals surface area contributed by atoms with Crippen molar-refractivity contribution in [2.75, 3.05) is 23.8 Å². The molecule has 1 aliphatic rings. The first-order valence-corrected chi connectivity index (χ1v) is 9.24. The van der Waals surface area contributed by atoms with Gasteiger partial charge in [0.05, 0.1) is 24.3 Å². The van der Waals surface area contributed by atoms with Gasteiger partial charge in [-0.25, -0.2) is 0 Å². The van der Waals surface area contributed by atoms with Crippen molar-refractivity contribution in [1.82, 2.24) is 4.90 Å². The number of likely N-dealkylation sites (N-methyl/N-ethyl adjacent to an activating group) is 1. The summed E-state index contributed by atoms with van der Waals surface area (Å²) in [6, 6.07) is 10.8. The van der Waals surface area contributed by atoms with Crippen LogP contribution < -0.4 is 10.2 Å². The molecular weight excluding hydrogens is 407 g/mol. The number of nitrogens with one attached hydrogen (secondary N) is 1. The van der Waals surface area contributed by atoms with Crippen molar-refractivity contribution in [2.45, 2.75) is 25.2 Å². The first-order chi connectivity index (χ1) is 13.7. The SMILES string of the molecule is CN(CC(=O)N1c2ccccc2NC(=O)C[C@H]1C(F)(F)F)Cc1ccccc1Cl. The Morgan fingerprint density at radius 2 is 1.86 bits per heavy atom. The quantitative estimate of drug-likeness (QED) is 0.803. The van der Waals surface area contributed by atoms with Crippen molar-refractivity contribution < 1.29 is 22.8 Å². The molecule has 1 heterocycles.